The summed E-state index contributed by atoms with van der Waals surface area (Å²) >= 11 is 11.8. The third-order valence-corrected chi connectivity index (χ3v) is 5.29. The second-order valence-electron chi connectivity index (χ2n) is 6.70. The molecule has 1 heterocycles. The third kappa shape index (κ3) is 5.16. The fourth-order valence-electron chi connectivity index (χ4n) is 3.28. The van der Waals surface area contributed by atoms with Crippen LogP contribution in [0.5, 0.6) is 0 Å². The van der Waals surface area contributed by atoms with Gasteiger partial charge in [-0.25, -0.2) is 14.4 Å². The summed E-state index contributed by atoms with van der Waals surface area (Å²) in [5.74, 6) is -0.986. The van der Waals surface area contributed by atoms with Crippen molar-refractivity contribution in [2.75, 3.05) is 19.7 Å². The molecular weight excluding hydrogens is 458 g/mol. The van der Waals surface area contributed by atoms with Crippen LogP contribution in [0.1, 0.15) is 12.5 Å². The van der Waals surface area contributed by atoms with Gasteiger partial charge in [-0.15, -0.1) is 0 Å². The number of hydrogen-bond acceptors (Lipinski definition) is 5. The van der Waals surface area contributed by atoms with Crippen LogP contribution in [-0.4, -0.2) is 58.3 Å². The van der Waals surface area contributed by atoms with Gasteiger partial charge in [-0.05, 0) is 37.3 Å². The summed E-state index contributed by atoms with van der Waals surface area (Å²) in [4.78, 5) is 18.2. The van der Waals surface area contributed by atoms with Gasteiger partial charge in [0.15, 0.2) is 6.19 Å². The third-order valence-electron chi connectivity index (χ3n) is 4.75. The summed E-state index contributed by atoms with van der Waals surface area (Å²) in [5.41, 5.74) is 1.56. The number of nitrogens with zero attached hydrogens (tertiary/aromatic N) is 5. The minimum absolute atomic E-state index is 0.0663. The maximum Gasteiger partial charge on any atom is 0.248 e. The Labute approximate surface area is 194 Å². The summed E-state index contributed by atoms with van der Waals surface area (Å²) in [5, 5.41) is 27.6. The van der Waals surface area contributed by atoms with Gasteiger partial charge in [0, 0.05) is 17.1 Å². The molecule has 0 radical (unpaired) electrons. The maximum absolute atomic E-state index is 13.5. The number of rotatable bonds is 5. The number of aliphatic hydroxyl groups is 1. The minimum atomic E-state index is -0.649. The van der Waals surface area contributed by atoms with Gasteiger partial charge < -0.3 is 10.0 Å². The van der Waals surface area contributed by atoms with E-state index in [-0.39, 0.29) is 17.5 Å². The lowest BCUT2D eigenvalue weighted by Gasteiger charge is -2.28. The van der Waals surface area contributed by atoms with Crippen molar-refractivity contribution in [3.63, 3.8) is 0 Å². The summed E-state index contributed by atoms with van der Waals surface area (Å²) in [6.45, 7) is 1.64. The van der Waals surface area contributed by atoms with Crippen LogP contribution in [0.25, 0.3) is 0 Å². The number of carbonyl (C=O) groups excluding carboxylic acids is 1. The Kier molecular flexibility index (Phi) is 7.64. The monoisotopic (exact) mass is 476 g/mol. The number of aliphatic imine (C=N–C) groups is 1. The van der Waals surface area contributed by atoms with Crippen molar-refractivity contribution in [3.8, 4) is 6.19 Å². The number of likely N-dealkylation sites (N-methyl/N-ethyl adjacent to an activating group) is 1. The second-order valence-corrected chi connectivity index (χ2v) is 7.54. The molecule has 0 spiro atoms. The highest BCUT2D eigenvalue weighted by atomic mass is 35.5. The van der Waals surface area contributed by atoms with Crippen molar-refractivity contribution in [1.82, 2.24) is 15.2 Å². The normalized spacial score (nSPS) is 15.9. The zero-order chi connectivity index (χ0) is 23.3. The summed E-state index contributed by atoms with van der Waals surface area (Å²) < 4.78 is 13.5. The molecule has 2 aromatic rings. The van der Waals surface area contributed by atoms with Gasteiger partial charge in [-0.1, -0.05) is 35.3 Å². The molecule has 1 aliphatic heterocycles. The molecular formula is C21H19Cl2FN6O2. The van der Waals surface area contributed by atoms with Gasteiger partial charge >= 0.3 is 0 Å². The van der Waals surface area contributed by atoms with Gasteiger partial charge in [-0.3, -0.25) is 10.1 Å². The Hall–Kier alpha value is -3.19. The second kappa shape index (κ2) is 10.4. The van der Waals surface area contributed by atoms with E-state index in [9.17, 15) is 19.6 Å². The molecule has 0 saturated heterocycles. The van der Waals surface area contributed by atoms with Crippen LogP contribution in [-0.2, 0) is 4.79 Å². The Balaban J connectivity index is 2.04. The number of halogens is 3. The van der Waals surface area contributed by atoms with Crippen LogP contribution in [0.15, 0.2) is 52.6 Å². The molecule has 2 N–H and O–H groups in total. The van der Waals surface area contributed by atoms with Gasteiger partial charge in [0.05, 0.1) is 29.0 Å². The van der Waals surface area contributed by atoms with Crippen molar-refractivity contribution in [3.05, 3.63) is 63.9 Å². The van der Waals surface area contributed by atoms with E-state index in [0.717, 1.165) is 0 Å². The van der Waals surface area contributed by atoms with Gasteiger partial charge in [0.1, 0.15) is 12.4 Å². The largest absolute Gasteiger partial charge is 0.387 e. The minimum Gasteiger partial charge on any atom is -0.387 e. The van der Waals surface area contributed by atoms with E-state index in [1.54, 1.807) is 31.2 Å². The number of aliphatic hydroxyl groups excluding tert-OH is 1. The summed E-state index contributed by atoms with van der Waals surface area (Å²) in [7, 11) is 0. The number of amides is 1. The number of hydrazone groups is 1. The van der Waals surface area contributed by atoms with E-state index in [1.165, 1.54) is 28.1 Å². The van der Waals surface area contributed by atoms with E-state index in [2.05, 4.69) is 15.4 Å². The molecule has 1 amide bonds. The van der Waals surface area contributed by atoms with Crippen molar-refractivity contribution in [2.24, 2.45) is 10.1 Å². The van der Waals surface area contributed by atoms with E-state index in [1.807, 2.05) is 6.19 Å². The van der Waals surface area contributed by atoms with Gasteiger partial charge in [0.2, 0.25) is 11.9 Å². The molecule has 11 heteroatoms. The number of carbonyl (C=O) groups is 1. The number of guanidine groups is 1. The standard InChI is InChI=1S/C21H19Cl2FN6O2/c1-2-29(19(32)11-31)18-10-30(28-20(18)13-3-5-14(22)6-4-13)21(26-12-25)27-15-7-8-17(24)16(23)9-15/h3-9,18,31H,2,10-11H2,1H3,(H,26,27). The zero-order valence-electron chi connectivity index (χ0n) is 17.0. The highest BCUT2D eigenvalue weighted by molar-refractivity contribution is 6.31. The molecule has 8 nitrogen and oxygen atoms in total. The maximum atomic E-state index is 13.5. The zero-order valence-corrected chi connectivity index (χ0v) is 18.5. The molecule has 32 heavy (non-hydrogen) atoms. The quantitative estimate of drug-likeness (QED) is 0.298. The van der Waals surface area contributed by atoms with Crippen LogP contribution in [0.3, 0.4) is 0 Å². The molecule has 0 bridgehead atoms. The van der Waals surface area contributed by atoms with Crippen LogP contribution in [0.2, 0.25) is 10.0 Å². The Bertz CT molecular complexity index is 1100. The van der Waals surface area contributed by atoms with Crippen molar-refractivity contribution in [2.45, 2.75) is 13.0 Å². The topological polar surface area (TPSA) is 104 Å². The smallest absolute Gasteiger partial charge is 0.248 e. The number of nitrogens with one attached hydrogen (secondary N) is 1. The fourth-order valence-corrected chi connectivity index (χ4v) is 3.58. The van der Waals surface area contributed by atoms with Gasteiger partial charge in [-0.2, -0.15) is 10.4 Å². The molecule has 3 rings (SSSR count). The van der Waals surface area contributed by atoms with Crippen LogP contribution in [0.4, 0.5) is 10.1 Å². The van der Waals surface area contributed by atoms with Crippen molar-refractivity contribution in [1.29, 1.82) is 5.26 Å². The van der Waals surface area contributed by atoms with E-state index < -0.39 is 24.4 Å². The van der Waals surface area contributed by atoms with Crippen LogP contribution in [0, 0.1) is 17.3 Å². The first-order valence-electron chi connectivity index (χ1n) is 9.59. The summed E-state index contributed by atoms with van der Waals surface area (Å²) in [6.07, 6.45) is 1.81. The Morgan fingerprint density at radius 1 is 1.38 bits per heavy atom. The van der Waals surface area contributed by atoms with E-state index in [4.69, 9.17) is 23.2 Å². The lowest BCUT2D eigenvalue weighted by molar-refractivity contribution is -0.135. The number of hydrogen-bond donors (Lipinski definition) is 2. The number of nitriles is 1. The molecule has 1 unspecified atom stereocenters. The first-order valence-corrected chi connectivity index (χ1v) is 10.3. The molecule has 0 aliphatic carbocycles. The summed E-state index contributed by atoms with van der Waals surface area (Å²) in [6, 6.07) is 10.3. The molecule has 2 aromatic carbocycles. The molecule has 0 aromatic heterocycles. The van der Waals surface area contributed by atoms with Crippen molar-refractivity contribution < 1.29 is 14.3 Å². The first-order chi connectivity index (χ1) is 15.4. The molecule has 1 aliphatic rings. The highest BCUT2D eigenvalue weighted by Gasteiger charge is 2.36. The van der Waals surface area contributed by atoms with E-state index in [0.29, 0.717) is 28.5 Å². The van der Waals surface area contributed by atoms with Crippen LogP contribution >= 0.6 is 23.2 Å². The predicted octanol–water partition coefficient (Wildman–Crippen LogP) is 3.12. The first kappa shape index (κ1) is 23.5. The van der Waals surface area contributed by atoms with Gasteiger partial charge in [0.25, 0.3) is 0 Å². The van der Waals surface area contributed by atoms with E-state index >= 15 is 0 Å². The fraction of sp³-hybridized carbons (Fsp3) is 0.238. The lowest BCUT2D eigenvalue weighted by Crippen LogP contribution is -2.49. The Morgan fingerprint density at radius 2 is 2.09 bits per heavy atom. The molecule has 1 atom stereocenters. The highest BCUT2D eigenvalue weighted by Crippen LogP contribution is 2.24. The van der Waals surface area contributed by atoms with Crippen LogP contribution < -0.4 is 5.32 Å². The Morgan fingerprint density at radius 3 is 2.69 bits per heavy atom. The lowest BCUT2D eigenvalue weighted by atomic mass is 10.0. The number of benzene rings is 2. The average molecular weight is 477 g/mol. The molecule has 166 valence electrons. The average Bonchev–Trinajstić information content (AvgIpc) is 3.21. The molecule has 0 saturated carbocycles. The van der Waals surface area contributed by atoms with Crippen molar-refractivity contribution >= 4 is 46.5 Å². The predicted molar refractivity (Wildman–Crippen MR) is 120 cm³/mol. The SMILES string of the molecule is CCN(C(=O)CO)C1CN(C(=Nc2ccc(F)c(Cl)c2)NC#N)N=C1c1ccc(Cl)cc1. The molecule has 0 fully saturated rings.